The monoisotopic (exact) mass is 989 g/mol. The molecular weight excluding hydrogens is 913 g/mol. The summed E-state index contributed by atoms with van der Waals surface area (Å²) in [6, 6.07) is 33.6. The van der Waals surface area contributed by atoms with Crippen LogP contribution < -0.4 is 9.47 Å². The van der Waals surface area contributed by atoms with Crippen molar-refractivity contribution in [3.05, 3.63) is 166 Å². The molecule has 0 aliphatic carbocycles. The Morgan fingerprint density at radius 2 is 0.836 bits per heavy atom. The molecule has 0 aliphatic rings. The summed E-state index contributed by atoms with van der Waals surface area (Å²) in [5.74, 6) is 0.494. The summed E-state index contributed by atoms with van der Waals surface area (Å²) in [6.45, 7) is 24.5. The number of benzene rings is 4. The Balaban J connectivity index is 0.000000271. The molecule has 10 heteroatoms. The highest BCUT2D eigenvalue weighted by atomic mass is 16.5. The summed E-state index contributed by atoms with van der Waals surface area (Å²) < 4.78 is 16.5. The fourth-order valence-electron chi connectivity index (χ4n) is 9.27. The van der Waals surface area contributed by atoms with E-state index in [9.17, 15) is 19.2 Å². The maximum absolute atomic E-state index is 12.3. The van der Waals surface area contributed by atoms with Gasteiger partial charge < -0.3 is 19.3 Å². The van der Waals surface area contributed by atoms with Gasteiger partial charge in [-0.1, -0.05) is 142 Å². The topological polar surface area (TPSA) is 142 Å². The summed E-state index contributed by atoms with van der Waals surface area (Å²) in [5, 5.41) is 9.09. The SMILES string of the molecule is CCC(CC)(c1ccc(-c2cncc(CC(=O)O)c2)cc1)c1ccc(OCC(=O)C(C)(C)C)c(C)c1.CCC(CC)(c1ccc(-c2cncc(CC(=O)OC)c2)cc1)c1ccc(OCC(=O)C(C)(C)C)c(C)c1. The Morgan fingerprint density at radius 1 is 0.479 bits per heavy atom. The number of pyridine rings is 2. The van der Waals surface area contributed by atoms with Crippen molar-refractivity contribution in [1.82, 2.24) is 9.97 Å². The minimum absolute atomic E-state index is 0.0445. The summed E-state index contributed by atoms with van der Waals surface area (Å²) in [6.07, 6.45) is 10.8. The van der Waals surface area contributed by atoms with Gasteiger partial charge in [-0.15, -0.1) is 0 Å². The van der Waals surface area contributed by atoms with Crippen LogP contribution >= 0.6 is 0 Å². The average molecular weight is 989 g/mol. The number of ether oxygens (including phenoxy) is 3. The number of carboxylic acid groups (broad SMARTS) is 1. The zero-order valence-corrected chi connectivity index (χ0v) is 45.4. The number of hydrogen-bond acceptors (Lipinski definition) is 9. The third kappa shape index (κ3) is 14.2. The van der Waals surface area contributed by atoms with Crippen LogP contribution in [0.1, 0.15) is 139 Å². The molecule has 0 saturated heterocycles. The van der Waals surface area contributed by atoms with E-state index in [2.05, 4.69) is 110 Å². The van der Waals surface area contributed by atoms with E-state index in [0.29, 0.717) is 5.56 Å². The smallest absolute Gasteiger partial charge is 0.310 e. The first-order chi connectivity index (χ1) is 34.5. The number of carbonyl (C=O) groups is 4. The van der Waals surface area contributed by atoms with E-state index >= 15 is 0 Å². The Morgan fingerprint density at radius 3 is 1.15 bits per heavy atom. The molecule has 2 aromatic heterocycles. The van der Waals surface area contributed by atoms with E-state index in [0.717, 1.165) is 76.1 Å². The second-order valence-electron chi connectivity index (χ2n) is 21.1. The normalized spacial score (nSPS) is 11.8. The highest BCUT2D eigenvalue weighted by molar-refractivity contribution is 5.85. The molecule has 0 aliphatic heterocycles. The summed E-state index contributed by atoms with van der Waals surface area (Å²) in [5.41, 5.74) is 11.2. The largest absolute Gasteiger partial charge is 0.486 e. The first kappa shape index (κ1) is 57.0. The maximum atomic E-state index is 12.3. The molecular formula is C63H76N2O8. The number of Topliss-reactive ketones (excluding diaryl/α,β-unsaturated/α-hetero) is 2. The van der Waals surface area contributed by atoms with E-state index in [1.165, 1.54) is 29.4 Å². The second-order valence-corrected chi connectivity index (χ2v) is 21.1. The van der Waals surface area contributed by atoms with E-state index in [1.54, 1.807) is 18.6 Å². The molecule has 386 valence electrons. The fourth-order valence-corrected chi connectivity index (χ4v) is 9.27. The van der Waals surface area contributed by atoms with Crippen molar-refractivity contribution >= 4 is 23.5 Å². The number of carboxylic acids is 1. The molecule has 6 rings (SSSR count). The minimum atomic E-state index is -0.868. The second kappa shape index (κ2) is 24.7. The molecule has 1 N–H and O–H groups in total. The van der Waals surface area contributed by atoms with Gasteiger partial charge in [0.05, 0.1) is 20.0 Å². The van der Waals surface area contributed by atoms with Gasteiger partial charge in [0, 0.05) is 57.6 Å². The number of ketones is 2. The molecule has 2 heterocycles. The Bertz CT molecular complexity index is 2840. The zero-order chi connectivity index (χ0) is 53.7. The number of rotatable bonds is 20. The van der Waals surface area contributed by atoms with Gasteiger partial charge >= 0.3 is 11.9 Å². The summed E-state index contributed by atoms with van der Waals surface area (Å²) in [7, 11) is 1.39. The van der Waals surface area contributed by atoms with Crippen molar-refractivity contribution < 1.29 is 38.5 Å². The van der Waals surface area contributed by atoms with E-state index in [1.807, 2.05) is 85.9 Å². The lowest BCUT2D eigenvalue weighted by atomic mass is 9.70. The standard InChI is InChI=1S/C32H39NO4.C31H37NO4/c1-8-32(9-2,27-14-15-28(22(3)16-27)37-21-29(34)31(4,5)6)26-12-10-24(11-13-26)25-17-23(19-33-20-25)18-30(35)36-7;1-7-31(8-2,26-13-14-27(21(3)15-26)36-20-28(33)30(4,5)6)25-11-9-23(10-12-25)24-16-22(17-29(34)35)18-32-19-24/h10-17,19-20H,8-9,18,21H2,1-7H3;9-16,18-19H,7-8,17,20H2,1-6H3,(H,34,35). The Labute approximate surface area is 434 Å². The Kier molecular flexibility index (Phi) is 19.2. The van der Waals surface area contributed by atoms with Gasteiger partial charge in [0.15, 0.2) is 11.6 Å². The summed E-state index contributed by atoms with van der Waals surface area (Å²) >= 11 is 0. The van der Waals surface area contributed by atoms with Crippen molar-refractivity contribution in [2.45, 2.75) is 132 Å². The molecule has 73 heavy (non-hydrogen) atoms. The molecule has 4 aromatic carbocycles. The predicted molar refractivity (Wildman–Crippen MR) is 291 cm³/mol. The highest BCUT2D eigenvalue weighted by Gasteiger charge is 2.33. The van der Waals surface area contributed by atoms with E-state index in [-0.39, 0.29) is 54.4 Å². The lowest BCUT2D eigenvalue weighted by molar-refractivity contribution is -0.140. The van der Waals surface area contributed by atoms with Gasteiger partial charge in [0.1, 0.15) is 24.7 Å². The van der Waals surface area contributed by atoms with Crippen LogP contribution in [0.25, 0.3) is 22.3 Å². The zero-order valence-electron chi connectivity index (χ0n) is 45.4. The third-order valence-electron chi connectivity index (χ3n) is 14.3. The van der Waals surface area contributed by atoms with Crippen LogP contribution in [-0.4, -0.2) is 58.9 Å². The van der Waals surface area contributed by atoms with Gasteiger partial charge in [-0.2, -0.15) is 0 Å². The van der Waals surface area contributed by atoms with Gasteiger partial charge in [-0.05, 0) is 119 Å². The molecule has 6 aromatic rings. The number of hydrogen-bond donors (Lipinski definition) is 1. The lowest BCUT2D eigenvalue weighted by Crippen LogP contribution is -2.27. The van der Waals surface area contributed by atoms with Crippen molar-refractivity contribution in [1.29, 1.82) is 0 Å². The van der Waals surface area contributed by atoms with Crippen molar-refractivity contribution in [2.24, 2.45) is 10.8 Å². The first-order valence-corrected chi connectivity index (χ1v) is 25.5. The van der Waals surface area contributed by atoms with Crippen LogP contribution in [0.4, 0.5) is 0 Å². The maximum Gasteiger partial charge on any atom is 0.310 e. The molecule has 0 atom stereocenters. The van der Waals surface area contributed by atoms with Crippen LogP contribution in [-0.2, 0) is 47.6 Å². The number of esters is 1. The molecule has 0 amide bonds. The average Bonchev–Trinajstić information content (AvgIpc) is 3.36. The predicted octanol–water partition coefficient (Wildman–Crippen LogP) is 13.7. The molecule has 0 radical (unpaired) electrons. The minimum Gasteiger partial charge on any atom is -0.486 e. The van der Waals surface area contributed by atoms with Gasteiger partial charge in [0.2, 0.25) is 0 Å². The van der Waals surface area contributed by atoms with Crippen molar-refractivity contribution in [2.75, 3.05) is 20.3 Å². The van der Waals surface area contributed by atoms with E-state index in [4.69, 9.17) is 19.3 Å². The van der Waals surface area contributed by atoms with E-state index < -0.39 is 16.8 Å². The highest BCUT2D eigenvalue weighted by Crippen LogP contribution is 2.43. The molecule has 0 unspecified atom stereocenters. The Hall–Kier alpha value is -6.94. The number of aryl methyl sites for hydroxylation is 2. The van der Waals surface area contributed by atoms with Gasteiger partial charge in [0.25, 0.3) is 0 Å². The fraction of sp³-hybridized carbons (Fsp3) is 0.397. The summed E-state index contributed by atoms with van der Waals surface area (Å²) in [4.78, 5) is 55.9. The lowest BCUT2D eigenvalue weighted by Gasteiger charge is -2.34. The van der Waals surface area contributed by atoms with Gasteiger partial charge in [-0.25, -0.2) is 0 Å². The van der Waals surface area contributed by atoms with Crippen LogP contribution in [0.2, 0.25) is 0 Å². The van der Waals surface area contributed by atoms with Crippen LogP contribution in [0.5, 0.6) is 11.5 Å². The number of aromatic nitrogens is 2. The quantitative estimate of drug-likeness (QED) is 0.0735. The number of carbonyl (C=O) groups excluding carboxylic acids is 3. The van der Waals surface area contributed by atoms with Crippen molar-refractivity contribution in [3.63, 3.8) is 0 Å². The number of aliphatic carboxylic acids is 1. The molecule has 0 saturated carbocycles. The van der Waals surface area contributed by atoms with Crippen LogP contribution in [0.3, 0.4) is 0 Å². The molecule has 0 fully saturated rings. The van der Waals surface area contributed by atoms with Crippen LogP contribution in [0.15, 0.2) is 122 Å². The number of nitrogens with zero attached hydrogens (tertiary/aromatic N) is 2. The number of methoxy groups -OCH3 is 1. The molecule has 10 nitrogen and oxygen atoms in total. The van der Waals surface area contributed by atoms with Crippen LogP contribution in [0, 0.1) is 24.7 Å². The van der Waals surface area contributed by atoms with Gasteiger partial charge in [-0.3, -0.25) is 29.1 Å². The molecule has 0 spiro atoms. The molecule has 0 bridgehead atoms. The first-order valence-electron chi connectivity index (χ1n) is 25.5. The van der Waals surface area contributed by atoms with Crippen molar-refractivity contribution in [3.8, 4) is 33.8 Å². The third-order valence-corrected chi connectivity index (χ3v) is 14.3.